The Morgan fingerprint density at radius 2 is 1.69 bits per heavy atom. The van der Waals surface area contributed by atoms with Gasteiger partial charge in [0.25, 0.3) is 5.69 Å². The SMILES string of the molecule is CC(=O)COC(=O)CCN(Cc1ccccc1)c1ccc(/N=N/c2c(Br)cc([N+](=O)[O-])cc2[N+](=O)[O-])c(NC(C)=O)c1. The molecule has 0 radical (unpaired) electrons. The van der Waals surface area contributed by atoms with Crippen molar-refractivity contribution in [2.24, 2.45) is 10.2 Å². The van der Waals surface area contributed by atoms with Gasteiger partial charge in [0.05, 0.1) is 32.5 Å². The molecule has 0 unspecified atom stereocenters. The van der Waals surface area contributed by atoms with Crippen molar-refractivity contribution >= 4 is 67.7 Å². The molecule has 0 bridgehead atoms. The van der Waals surface area contributed by atoms with Crippen molar-refractivity contribution in [2.75, 3.05) is 23.4 Å². The Kier molecular flexibility index (Phi) is 10.9. The third-order valence-corrected chi connectivity index (χ3v) is 6.19. The van der Waals surface area contributed by atoms with Crippen LogP contribution in [0, 0.1) is 20.2 Å². The number of esters is 1. The van der Waals surface area contributed by atoms with E-state index in [1.54, 1.807) is 12.1 Å². The second-order valence-corrected chi connectivity index (χ2v) is 9.77. The number of carbonyl (C=O) groups excluding carboxylic acids is 3. The predicted molar refractivity (Wildman–Crippen MR) is 156 cm³/mol. The molecule has 0 heterocycles. The zero-order valence-electron chi connectivity index (χ0n) is 22.5. The number of nitrogens with one attached hydrogen (secondary N) is 1. The first-order chi connectivity index (χ1) is 19.9. The van der Waals surface area contributed by atoms with Gasteiger partial charge in [0.2, 0.25) is 5.91 Å². The fraction of sp³-hybridized carbons (Fsp3) is 0.222. The number of ketones is 1. The molecular weight excluding hydrogens is 616 g/mol. The van der Waals surface area contributed by atoms with Gasteiger partial charge in [-0.1, -0.05) is 30.3 Å². The van der Waals surface area contributed by atoms with E-state index in [1.807, 2.05) is 35.2 Å². The molecule has 0 spiro atoms. The maximum Gasteiger partial charge on any atom is 0.308 e. The highest BCUT2D eigenvalue weighted by atomic mass is 79.9. The van der Waals surface area contributed by atoms with E-state index in [1.165, 1.54) is 19.9 Å². The molecule has 1 amide bonds. The van der Waals surface area contributed by atoms with E-state index in [0.717, 1.165) is 17.7 Å². The van der Waals surface area contributed by atoms with Crippen LogP contribution in [0.2, 0.25) is 0 Å². The number of Topliss-reactive ketones (excluding diaryl/α,β-unsaturated/α-hetero) is 1. The van der Waals surface area contributed by atoms with Crippen LogP contribution in [-0.4, -0.2) is 40.7 Å². The summed E-state index contributed by atoms with van der Waals surface area (Å²) in [5.74, 6) is -1.25. The van der Waals surface area contributed by atoms with E-state index in [-0.39, 0.29) is 46.9 Å². The fourth-order valence-corrected chi connectivity index (χ4v) is 4.22. The van der Waals surface area contributed by atoms with E-state index in [9.17, 15) is 34.6 Å². The molecule has 0 fully saturated rings. The Morgan fingerprint density at radius 3 is 2.31 bits per heavy atom. The molecule has 3 rings (SSSR count). The molecule has 42 heavy (non-hydrogen) atoms. The van der Waals surface area contributed by atoms with Gasteiger partial charge in [-0.25, -0.2) is 0 Å². The number of hydrogen-bond donors (Lipinski definition) is 1. The smallest absolute Gasteiger partial charge is 0.308 e. The second kappa shape index (κ2) is 14.5. The molecule has 0 aromatic heterocycles. The number of benzene rings is 3. The minimum atomic E-state index is -0.813. The van der Waals surface area contributed by atoms with E-state index in [2.05, 4.69) is 31.5 Å². The summed E-state index contributed by atoms with van der Waals surface area (Å²) in [7, 11) is 0. The first-order valence-corrected chi connectivity index (χ1v) is 13.1. The number of amides is 1. The number of rotatable bonds is 13. The summed E-state index contributed by atoms with van der Waals surface area (Å²) >= 11 is 3.08. The minimum Gasteiger partial charge on any atom is -0.458 e. The molecule has 1 N–H and O–H groups in total. The van der Waals surface area contributed by atoms with E-state index in [0.29, 0.717) is 12.2 Å². The molecule has 0 aliphatic rings. The molecule has 15 heteroatoms. The van der Waals surface area contributed by atoms with Gasteiger partial charge in [-0.3, -0.25) is 34.6 Å². The van der Waals surface area contributed by atoms with Crippen LogP contribution < -0.4 is 10.2 Å². The summed E-state index contributed by atoms with van der Waals surface area (Å²) in [6.45, 7) is 2.90. The van der Waals surface area contributed by atoms with Crippen LogP contribution in [-0.2, 0) is 25.7 Å². The normalized spacial score (nSPS) is 10.7. The molecular formula is C27H25BrN6O8. The maximum atomic E-state index is 12.2. The van der Waals surface area contributed by atoms with Crippen molar-refractivity contribution < 1.29 is 29.0 Å². The molecule has 0 aliphatic carbocycles. The van der Waals surface area contributed by atoms with Gasteiger partial charge in [0, 0.05) is 31.8 Å². The lowest BCUT2D eigenvalue weighted by atomic mass is 10.1. The van der Waals surface area contributed by atoms with Crippen LogP contribution >= 0.6 is 15.9 Å². The first-order valence-electron chi connectivity index (χ1n) is 12.3. The topological polar surface area (TPSA) is 187 Å². The molecule has 3 aromatic rings. The Bertz CT molecular complexity index is 1550. The number of carbonyl (C=O) groups is 3. The van der Waals surface area contributed by atoms with Crippen LogP contribution in [0.4, 0.5) is 34.1 Å². The Labute approximate surface area is 247 Å². The van der Waals surface area contributed by atoms with Gasteiger partial charge in [0.1, 0.15) is 12.3 Å². The lowest BCUT2D eigenvalue weighted by molar-refractivity contribution is -0.393. The van der Waals surface area contributed by atoms with E-state index >= 15 is 0 Å². The second-order valence-electron chi connectivity index (χ2n) is 8.91. The number of non-ortho nitro benzene ring substituents is 1. The quantitative estimate of drug-likeness (QED) is 0.0986. The number of hydrogen-bond acceptors (Lipinski definition) is 11. The third-order valence-electron chi connectivity index (χ3n) is 5.59. The number of ether oxygens (including phenoxy) is 1. The molecule has 0 saturated carbocycles. The summed E-state index contributed by atoms with van der Waals surface area (Å²) in [4.78, 5) is 58.4. The molecule has 218 valence electrons. The summed E-state index contributed by atoms with van der Waals surface area (Å²) in [5, 5.41) is 33.4. The van der Waals surface area contributed by atoms with Crippen LogP contribution in [0.5, 0.6) is 0 Å². The fourth-order valence-electron chi connectivity index (χ4n) is 3.70. The van der Waals surface area contributed by atoms with Gasteiger partial charge in [-0.15, -0.1) is 10.2 Å². The number of azo groups is 1. The highest BCUT2D eigenvalue weighted by molar-refractivity contribution is 9.10. The average Bonchev–Trinajstić information content (AvgIpc) is 2.93. The van der Waals surface area contributed by atoms with Crippen LogP contribution in [0.15, 0.2) is 75.4 Å². The van der Waals surface area contributed by atoms with Crippen molar-refractivity contribution in [3.8, 4) is 0 Å². The summed E-state index contributed by atoms with van der Waals surface area (Å²) in [6, 6.07) is 16.1. The molecule has 0 saturated heterocycles. The van der Waals surface area contributed by atoms with Gasteiger partial charge in [-0.2, -0.15) is 0 Å². The van der Waals surface area contributed by atoms with Crippen LogP contribution in [0.3, 0.4) is 0 Å². The Hall–Kier alpha value is -5.05. The first kappa shape index (κ1) is 31.5. The average molecular weight is 641 g/mol. The standard InChI is InChI=1S/C27H25BrN6O8/c1-17(35)16-42-26(37)10-11-32(15-19-6-4-3-5-7-19)20-8-9-23(24(13-20)29-18(2)36)30-31-27-22(28)12-21(33(38)39)14-25(27)34(40)41/h3-9,12-14H,10-11,15-16H2,1-2H3,(H,29,36)/b31-30+. The van der Waals surface area contributed by atoms with Crippen molar-refractivity contribution in [1.82, 2.24) is 0 Å². The Morgan fingerprint density at radius 1 is 0.976 bits per heavy atom. The van der Waals surface area contributed by atoms with E-state index in [4.69, 9.17) is 4.74 Å². The number of nitrogens with zero attached hydrogens (tertiary/aromatic N) is 5. The summed E-state index contributed by atoms with van der Waals surface area (Å²) in [6.07, 6.45) is -0.0190. The van der Waals surface area contributed by atoms with Gasteiger partial charge >= 0.3 is 11.7 Å². The minimum absolute atomic E-state index is 0.0180. The highest BCUT2D eigenvalue weighted by Gasteiger charge is 2.24. The number of nitro groups is 2. The monoisotopic (exact) mass is 640 g/mol. The maximum absolute atomic E-state index is 12.2. The largest absolute Gasteiger partial charge is 0.458 e. The van der Waals surface area contributed by atoms with Crippen molar-refractivity contribution in [3.63, 3.8) is 0 Å². The summed E-state index contributed by atoms with van der Waals surface area (Å²) in [5.41, 5.74) is 0.523. The zero-order chi connectivity index (χ0) is 30.8. The third kappa shape index (κ3) is 8.99. The lowest BCUT2D eigenvalue weighted by Gasteiger charge is -2.25. The van der Waals surface area contributed by atoms with Gasteiger partial charge in [-0.05, 0) is 46.6 Å². The molecule has 14 nitrogen and oxygen atoms in total. The summed E-state index contributed by atoms with van der Waals surface area (Å²) < 4.78 is 4.96. The van der Waals surface area contributed by atoms with Gasteiger partial charge < -0.3 is 15.0 Å². The zero-order valence-corrected chi connectivity index (χ0v) is 24.1. The number of anilines is 2. The predicted octanol–water partition coefficient (Wildman–Crippen LogP) is 6.17. The molecule has 0 atom stereocenters. The molecule has 0 aliphatic heterocycles. The number of halogens is 1. The van der Waals surface area contributed by atoms with Gasteiger partial charge in [0.15, 0.2) is 11.5 Å². The highest BCUT2D eigenvalue weighted by Crippen LogP contribution is 2.41. The van der Waals surface area contributed by atoms with E-state index < -0.39 is 33.1 Å². The van der Waals surface area contributed by atoms with Crippen molar-refractivity contribution in [2.45, 2.75) is 26.8 Å². The van der Waals surface area contributed by atoms with Crippen molar-refractivity contribution in [3.05, 3.63) is 90.9 Å². The lowest BCUT2D eigenvalue weighted by Crippen LogP contribution is -2.27. The Balaban J connectivity index is 1.98. The van der Waals surface area contributed by atoms with Crippen LogP contribution in [0.1, 0.15) is 25.8 Å². The number of nitro benzene ring substituents is 2. The van der Waals surface area contributed by atoms with Crippen LogP contribution in [0.25, 0.3) is 0 Å². The van der Waals surface area contributed by atoms with Crippen molar-refractivity contribution in [1.29, 1.82) is 0 Å². The molecule has 3 aromatic carbocycles.